The third-order valence-electron chi connectivity index (χ3n) is 6.09. The van der Waals surface area contributed by atoms with Crippen molar-refractivity contribution < 1.29 is 0 Å². The van der Waals surface area contributed by atoms with Crippen LogP contribution in [0.25, 0.3) is 0 Å². The predicted molar refractivity (Wildman–Crippen MR) is 87.3 cm³/mol. The smallest absolute Gasteiger partial charge is 0.0337 e. The molecule has 0 heterocycles. The van der Waals surface area contributed by atoms with E-state index in [1.165, 1.54) is 44.9 Å². The first-order valence-corrected chi connectivity index (χ1v) is 8.99. The van der Waals surface area contributed by atoms with Crippen molar-refractivity contribution in [3.05, 3.63) is 0 Å². The van der Waals surface area contributed by atoms with Gasteiger partial charge in [-0.1, -0.05) is 80.1 Å². The maximum absolute atomic E-state index is 2.53. The van der Waals surface area contributed by atoms with Gasteiger partial charge in [0.25, 0.3) is 0 Å². The molecular formula is C19H38. The Balaban J connectivity index is 2.45. The average Bonchev–Trinajstić information content (AvgIpc) is 2.81. The maximum atomic E-state index is 2.53. The van der Waals surface area contributed by atoms with E-state index in [-0.39, 0.29) is 0 Å². The molecule has 0 aromatic rings. The predicted octanol–water partition coefficient (Wildman–Crippen LogP) is 6.55. The summed E-state index contributed by atoms with van der Waals surface area (Å²) in [5.74, 6) is 5.70. The lowest BCUT2D eigenvalue weighted by molar-refractivity contribution is 0.153. The Morgan fingerprint density at radius 3 is 1.89 bits per heavy atom. The topological polar surface area (TPSA) is 0 Å². The van der Waals surface area contributed by atoms with Crippen LogP contribution in [-0.2, 0) is 0 Å². The molecule has 1 aliphatic carbocycles. The second-order valence-electron chi connectivity index (χ2n) is 7.69. The molecule has 0 aromatic heterocycles. The van der Waals surface area contributed by atoms with Gasteiger partial charge in [0.1, 0.15) is 0 Å². The molecule has 1 rings (SSSR count). The lowest BCUT2D eigenvalue weighted by atomic mass is 9.71. The van der Waals surface area contributed by atoms with Gasteiger partial charge in [0.15, 0.2) is 0 Å². The van der Waals surface area contributed by atoms with E-state index in [9.17, 15) is 0 Å². The van der Waals surface area contributed by atoms with Crippen molar-refractivity contribution in [1.82, 2.24) is 0 Å². The monoisotopic (exact) mass is 266 g/mol. The third kappa shape index (κ3) is 5.12. The Bertz CT molecular complexity index is 222. The highest BCUT2D eigenvalue weighted by Gasteiger charge is 2.28. The van der Waals surface area contributed by atoms with Gasteiger partial charge in [-0.15, -0.1) is 0 Å². The Morgan fingerprint density at radius 1 is 0.895 bits per heavy atom. The van der Waals surface area contributed by atoms with Crippen LogP contribution in [0.1, 0.15) is 86.5 Å². The van der Waals surface area contributed by atoms with Gasteiger partial charge in [0.2, 0.25) is 0 Å². The Morgan fingerprint density at radius 2 is 1.47 bits per heavy atom. The fourth-order valence-corrected chi connectivity index (χ4v) is 4.51. The number of hydrogen-bond donors (Lipinski definition) is 0. The summed E-state index contributed by atoms with van der Waals surface area (Å²) in [5, 5.41) is 0. The van der Waals surface area contributed by atoms with E-state index >= 15 is 0 Å². The van der Waals surface area contributed by atoms with Crippen molar-refractivity contribution in [3.63, 3.8) is 0 Å². The van der Waals surface area contributed by atoms with Crippen LogP contribution in [0.15, 0.2) is 0 Å². The Hall–Kier alpha value is 0. The van der Waals surface area contributed by atoms with Crippen LogP contribution in [0.2, 0.25) is 0 Å². The average molecular weight is 267 g/mol. The first-order valence-electron chi connectivity index (χ1n) is 8.99. The van der Waals surface area contributed by atoms with Crippen molar-refractivity contribution in [3.8, 4) is 0 Å². The van der Waals surface area contributed by atoms with Gasteiger partial charge in [0, 0.05) is 0 Å². The van der Waals surface area contributed by atoms with Gasteiger partial charge < -0.3 is 0 Å². The molecule has 0 spiro atoms. The summed E-state index contributed by atoms with van der Waals surface area (Å²) in [5.41, 5.74) is 0. The molecule has 1 aliphatic rings. The molecule has 0 aliphatic heterocycles. The molecule has 1 fully saturated rings. The van der Waals surface area contributed by atoms with Crippen LogP contribution in [0.3, 0.4) is 0 Å². The normalized spacial score (nSPS) is 30.0. The number of rotatable bonds is 8. The molecule has 0 radical (unpaired) electrons. The molecule has 0 bridgehead atoms. The van der Waals surface area contributed by atoms with Gasteiger partial charge in [-0.25, -0.2) is 0 Å². The fraction of sp³-hybridized carbons (Fsp3) is 1.00. The van der Waals surface area contributed by atoms with E-state index in [0.29, 0.717) is 0 Å². The molecule has 5 atom stereocenters. The minimum Gasteiger partial charge on any atom is -0.0651 e. The minimum atomic E-state index is 0.896. The zero-order valence-electron chi connectivity index (χ0n) is 14.4. The summed E-state index contributed by atoms with van der Waals surface area (Å²) >= 11 is 0. The fourth-order valence-electron chi connectivity index (χ4n) is 4.51. The molecule has 0 heteroatoms. The molecule has 19 heavy (non-hydrogen) atoms. The Labute approximate surface area is 122 Å². The molecule has 0 amide bonds. The molecule has 0 N–H and O–H groups in total. The van der Waals surface area contributed by atoms with Crippen LogP contribution in [0.5, 0.6) is 0 Å². The molecular weight excluding hydrogens is 228 g/mol. The van der Waals surface area contributed by atoms with Gasteiger partial charge in [-0.2, -0.15) is 0 Å². The standard InChI is InChI=1S/C19H38/c1-7-15(4)19(16(5)8-2)17(6)10-12-18-11-9-14(3)13-18/h14-19H,7-13H2,1-6H3. The van der Waals surface area contributed by atoms with Crippen LogP contribution < -0.4 is 0 Å². The molecule has 114 valence electrons. The Kier molecular flexibility index (Phi) is 7.47. The third-order valence-corrected chi connectivity index (χ3v) is 6.09. The number of hydrogen-bond acceptors (Lipinski definition) is 0. The van der Waals surface area contributed by atoms with Crippen LogP contribution >= 0.6 is 0 Å². The van der Waals surface area contributed by atoms with E-state index in [2.05, 4.69) is 41.5 Å². The van der Waals surface area contributed by atoms with Gasteiger partial charge in [-0.3, -0.25) is 0 Å². The summed E-state index contributed by atoms with van der Waals surface area (Å²) in [6, 6.07) is 0. The first kappa shape index (κ1) is 17.1. The summed E-state index contributed by atoms with van der Waals surface area (Å²) in [4.78, 5) is 0. The summed E-state index contributed by atoms with van der Waals surface area (Å²) in [7, 11) is 0. The molecule has 5 unspecified atom stereocenters. The van der Waals surface area contributed by atoms with Crippen molar-refractivity contribution in [2.24, 2.45) is 35.5 Å². The second kappa shape index (κ2) is 8.32. The highest BCUT2D eigenvalue weighted by molar-refractivity contribution is 4.79. The highest BCUT2D eigenvalue weighted by Crippen LogP contribution is 2.38. The van der Waals surface area contributed by atoms with Gasteiger partial charge in [0.05, 0.1) is 0 Å². The first-order chi connectivity index (χ1) is 8.99. The van der Waals surface area contributed by atoms with E-state index in [4.69, 9.17) is 0 Å². The molecule has 0 saturated heterocycles. The quantitative estimate of drug-likeness (QED) is 0.467. The SMILES string of the molecule is CCC(C)C(C(C)CC)C(C)CCC1CCC(C)C1. The van der Waals surface area contributed by atoms with Gasteiger partial charge in [-0.05, 0) is 41.9 Å². The molecule has 0 aromatic carbocycles. The van der Waals surface area contributed by atoms with Crippen molar-refractivity contribution in [1.29, 1.82) is 0 Å². The van der Waals surface area contributed by atoms with Crippen molar-refractivity contribution >= 4 is 0 Å². The second-order valence-corrected chi connectivity index (χ2v) is 7.69. The van der Waals surface area contributed by atoms with Crippen LogP contribution in [0, 0.1) is 35.5 Å². The van der Waals surface area contributed by atoms with Crippen molar-refractivity contribution in [2.45, 2.75) is 86.5 Å². The largest absolute Gasteiger partial charge is 0.0651 e. The zero-order valence-corrected chi connectivity index (χ0v) is 14.4. The van der Waals surface area contributed by atoms with Crippen LogP contribution in [-0.4, -0.2) is 0 Å². The lowest BCUT2D eigenvalue weighted by Crippen LogP contribution is -2.26. The molecule has 1 saturated carbocycles. The minimum absolute atomic E-state index is 0.896. The maximum Gasteiger partial charge on any atom is -0.0337 e. The van der Waals surface area contributed by atoms with E-state index in [1.54, 1.807) is 0 Å². The van der Waals surface area contributed by atoms with E-state index in [0.717, 1.165) is 35.5 Å². The molecule has 0 nitrogen and oxygen atoms in total. The van der Waals surface area contributed by atoms with Gasteiger partial charge >= 0.3 is 0 Å². The summed E-state index contributed by atoms with van der Waals surface area (Å²) < 4.78 is 0. The summed E-state index contributed by atoms with van der Waals surface area (Å²) in [6.07, 6.45) is 10.2. The van der Waals surface area contributed by atoms with Crippen LogP contribution in [0.4, 0.5) is 0 Å². The van der Waals surface area contributed by atoms with E-state index in [1.807, 2.05) is 0 Å². The highest BCUT2D eigenvalue weighted by atomic mass is 14.3. The summed E-state index contributed by atoms with van der Waals surface area (Å²) in [6.45, 7) is 14.7. The van der Waals surface area contributed by atoms with E-state index < -0.39 is 0 Å². The lowest BCUT2D eigenvalue weighted by Gasteiger charge is -2.34. The van der Waals surface area contributed by atoms with Crippen molar-refractivity contribution in [2.75, 3.05) is 0 Å². The zero-order chi connectivity index (χ0) is 14.4.